The predicted octanol–water partition coefficient (Wildman–Crippen LogP) is -0.497. The molecule has 2 unspecified atom stereocenters. The number of nitrogens with two attached hydrogens (primary N) is 1. The van der Waals surface area contributed by atoms with Gasteiger partial charge in [-0.2, -0.15) is 0 Å². The third kappa shape index (κ3) is 5.99. The van der Waals surface area contributed by atoms with E-state index in [1.165, 1.54) is 6.92 Å². The first-order valence-corrected chi connectivity index (χ1v) is 7.69. The van der Waals surface area contributed by atoms with E-state index in [2.05, 4.69) is 0 Å². The Hall–Kier alpha value is -1.84. The fourth-order valence-corrected chi connectivity index (χ4v) is 2.48. The van der Waals surface area contributed by atoms with Gasteiger partial charge in [-0.05, 0) is 12.8 Å². The van der Waals surface area contributed by atoms with Crippen molar-refractivity contribution in [3.8, 4) is 0 Å². The molecule has 0 spiro atoms. The van der Waals surface area contributed by atoms with Crippen LogP contribution in [0.2, 0.25) is 0 Å². The number of esters is 1. The molecule has 0 bridgehead atoms. The highest BCUT2D eigenvalue weighted by Gasteiger charge is 2.45. The molecule has 0 saturated carbocycles. The van der Waals surface area contributed by atoms with Gasteiger partial charge in [0, 0.05) is 25.9 Å². The number of unbranched alkanes of at least 4 members (excludes halogenated alkanes) is 1. The summed E-state index contributed by atoms with van der Waals surface area (Å²) < 4.78 is 15.9. The Balaban J connectivity index is 2.63. The van der Waals surface area contributed by atoms with Gasteiger partial charge in [0.15, 0.2) is 6.29 Å². The van der Waals surface area contributed by atoms with E-state index in [0.29, 0.717) is 25.4 Å². The van der Waals surface area contributed by atoms with Crippen molar-refractivity contribution in [2.24, 2.45) is 17.6 Å². The zero-order chi connectivity index (χ0) is 18.1. The molecule has 0 aromatic carbocycles. The van der Waals surface area contributed by atoms with Crippen LogP contribution >= 0.6 is 0 Å². The van der Waals surface area contributed by atoms with Gasteiger partial charge >= 0.3 is 11.9 Å². The van der Waals surface area contributed by atoms with Gasteiger partial charge in [0.1, 0.15) is 25.3 Å². The standard InChI is InChI=1S/C15H23NO8/c1-9(19)23-8-12-10(6-17)11(7-18)14(16)15(24-12)22-5-3-2-4-13(20)21/h6-7,10-12,14-15H,2-5,8,16H2,1H3,(H,20,21)/t10-,11?,12?,14+,15-/m1/s1. The lowest BCUT2D eigenvalue weighted by molar-refractivity contribution is -0.236. The van der Waals surface area contributed by atoms with Crippen LogP contribution in [0.25, 0.3) is 0 Å². The monoisotopic (exact) mass is 345 g/mol. The maximum atomic E-state index is 11.3. The first-order chi connectivity index (χ1) is 11.4. The van der Waals surface area contributed by atoms with Crippen LogP contribution in [0.3, 0.4) is 0 Å². The van der Waals surface area contributed by atoms with E-state index in [4.69, 9.17) is 25.1 Å². The number of hydrogen-bond acceptors (Lipinski definition) is 8. The number of ether oxygens (including phenoxy) is 3. The van der Waals surface area contributed by atoms with Crippen LogP contribution in [0.5, 0.6) is 0 Å². The number of carbonyl (C=O) groups is 4. The van der Waals surface area contributed by atoms with Gasteiger partial charge in [-0.1, -0.05) is 0 Å². The fraction of sp³-hybridized carbons (Fsp3) is 0.733. The number of carbonyl (C=O) groups excluding carboxylic acids is 3. The summed E-state index contributed by atoms with van der Waals surface area (Å²) in [6.45, 7) is 1.23. The molecular weight excluding hydrogens is 322 g/mol. The Morgan fingerprint density at radius 3 is 2.42 bits per heavy atom. The van der Waals surface area contributed by atoms with Gasteiger partial charge in [-0.25, -0.2) is 0 Å². The normalized spacial score (nSPS) is 29.7. The van der Waals surface area contributed by atoms with E-state index in [9.17, 15) is 19.2 Å². The highest BCUT2D eigenvalue weighted by atomic mass is 16.7. The van der Waals surface area contributed by atoms with Gasteiger partial charge in [0.05, 0.1) is 12.0 Å². The molecule has 1 aliphatic heterocycles. The van der Waals surface area contributed by atoms with Crippen molar-refractivity contribution in [2.75, 3.05) is 13.2 Å². The summed E-state index contributed by atoms with van der Waals surface area (Å²) in [4.78, 5) is 43.9. The van der Waals surface area contributed by atoms with Crippen LogP contribution in [0.4, 0.5) is 0 Å². The summed E-state index contributed by atoms with van der Waals surface area (Å²) >= 11 is 0. The summed E-state index contributed by atoms with van der Waals surface area (Å²) in [6.07, 6.45) is 0.315. The third-order valence-electron chi connectivity index (χ3n) is 3.77. The van der Waals surface area contributed by atoms with Crippen molar-refractivity contribution in [1.82, 2.24) is 0 Å². The highest BCUT2D eigenvalue weighted by molar-refractivity contribution is 5.68. The number of aldehydes is 2. The molecule has 0 aliphatic carbocycles. The van der Waals surface area contributed by atoms with E-state index < -0.39 is 42.2 Å². The Labute approximate surface area is 139 Å². The van der Waals surface area contributed by atoms with Crippen molar-refractivity contribution >= 4 is 24.5 Å². The lowest BCUT2D eigenvalue weighted by Crippen LogP contribution is -2.58. The maximum Gasteiger partial charge on any atom is 0.303 e. The molecule has 24 heavy (non-hydrogen) atoms. The van der Waals surface area contributed by atoms with E-state index >= 15 is 0 Å². The summed E-state index contributed by atoms with van der Waals surface area (Å²) in [6, 6.07) is -0.842. The second-order valence-electron chi connectivity index (χ2n) is 5.57. The van der Waals surface area contributed by atoms with E-state index in [-0.39, 0.29) is 19.6 Å². The number of carboxylic acids is 1. The van der Waals surface area contributed by atoms with Crippen LogP contribution in [0.15, 0.2) is 0 Å². The first kappa shape index (κ1) is 20.2. The lowest BCUT2D eigenvalue weighted by atomic mass is 9.82. The van der Waals surface area contributed by atoms with Crippen molar-refractivity contribution in [1.29, 1.82) is 0 Å². The van der Waals surface area contributed by atoms with Crippen molar-refractivity contribution < 1.29 is 38.5 Å². The quantitative estimate of drug-likeness (QED) is 0.304. The zero-order valence-electron chi connectivity index (χ0n) is 13.5. The Morgan fingerprint density at radius 1 is 1.21 bits per heavy atom. The van der Waals surface area contributed by atoms with Crippen molar-refractivity contribution in [2.45, 2.75) is 44.6 Å². The molecule has 5 atom stereocenters. The first-order valence-electron chi connectivity index (χ1n) is 7.69. The molecule has 1 aliphatic rings. The third-order valence-corrected chi connectivity index (χ3v) is 3.77. The molecule has 136 valence electrons. The second-order valence-corrected chi connectivity index (χ2v) is 5.57. The number of rotatable bonds is 10. The van der Waals surface area contributed by atoms with Crippen LogP contribution in [-0.4, -0.2) is 61.3 Å². The topological polar surface area (TPSA) is 142 Å². The lowest BCUT2D eigenvalue weighted by Gasteiger charge is -2.41. The van der Waals surface area contributed by atoms with Gasteiger partial charge in [0.2, 0.25) is 0 Å². The largest absolute Gasteiger partial charge is 0.481 e. The van der Waals surface area contributed by atoms with E-state index in [1.54, 1.807) is 0 Å². The molecule has 0 aromatic rings. The van der Waals surface area contributed by atoms with Crippen molar-refractivity contribution in [3.63, 3.8) is 0 Å². The molecule has 1 saturated heterocycles. The van der Waals surface area contributed by atoms with Crippen LogP contribution in [0, 0.1) is 11.8 Å². The fourth-order valence-electron chi connectivity index (χ4n) is 2.48. The molecule has 9 heteroatoms. The highest BCUT2D eigenvalue weighted by Crippen LogP contribution is 2.29. The predicted molar refractivity (Wildman–Crippen MR) is 79.8 cm³/mol. The van der Waals surface area contributed by atoms with Crippen molar-refractivity contribution in [3.05, 3.63) is 0 Å². The SMILES string of the molecule is CC(=O)OCC1O[C@@H](OCCCCC(=O)O)[C@@H](N)C(C=O)[C@H]1C=O. The second kappa shape index (κ2) is 10.1. The number of aliphatic carboxylic acids is 1. The molecule has 1 rings (SSSR count). The smallest absolute Gasteiger partial charge is 0.303 e. The summed E-state index contributed by atoms with van der Waals surface area (Å²) in [5.41, 5.74) is 5.94. The molecule has 0 radical (unpaired) electrons. The van der Waals surface area contributed by atoms with Crippen LogP contribution in [0.1, 0.15) is 26.2 Å². The summed E-state index contributed by atoms with van der Waals surface area (Å²) in [7, 11) is 0. The average molecular weight is 345 g/mol. The minimum atomic E-state index is -0.943. The molecule has 1 heterocycles. The average Bonchev–Trinajstić information content (AvgIpc) is 2.53. The molecule has 1 fully saturated rings. The summed E-state index contributed by atoms with van der Waals surface area (Å²) in [5, 5.41) is 8.57. The van der Waals surface area contributed by atoms with Gasteiger partial charge in [0.25, 0.3) is 0 Å². The van der Waals surface area contributed by atoms with Gasteiger partial charge in [-0.15, -0.1) is 0 Å². The van der Waals surface area contributed by atoms with Gasteiger partial charge in [-0.3, -0.25) is 9.59 Å². The molecule has 0 aromatic heterocycles. The maximum absolute atomic E-state index is 11.3. The minimum absolute atomic E-state index is 0.0280. The number of carboxylic acid groups (broad SMARTS) is 1. The molecule has 0 amide bonds. The van der Waals surface area contributed by atoms with Crippen LogP contribution in [-0.2, 0) is 33.4 Å². The Kier molecular flexibility index (Phi) is 8.51. The zero-order valence-corrected chi connectivity index (χ0v) is 13.5. The minimum Gasteiger partial charge on any atom is -0.481 e. The molecule has 3 N–H and O–H groups in total. The van der Waals surface area contributed by atoms with E-state index in [1.807, 2.05) is 0 Å². The van der Waals surface area contributed by atoms with Gasteiger partial charge < -0.3 is 34.6 Å². The van der Waals surface area contributed by atoms with E-state index in [0.717, 1.165) is 0 Å². The Bertz CT molecular complexity index is 455. The van der Waals surface area contributed by atoms with Crippen LogP contribution < -0.4 is 5.73 Å². The summed E-state index contributed by atoms with van der Waals surface area (Å²) in [5.74, 6) is -3.08. The Morgan fingerprint density at radius 2 is 1.88 bits per heavy atom. The number of hydrogen-bond donors (Lipinski definition) is 2. The molecular formula is C15H23NO8. The molecule has 9 nitrogen and oxygen atoms in total.